The molecule has 2 saturated heterocycles. The van der Waals surface area contributed by atoms with Gasteiger partial charge in [-0.1, -0.05) is 20.3 Å². The van der Waals surface area contributed by atoms with Crippen LogP contribution in [-0.4, -0.2) is 31.2 Å². The Labute approximate surface area is 110 Å². The molecular formula is C15H26O3. The number of ether oxygens (including phenoxy) is 2. The van der Waals surface area contributed by atoms with Gasteiger partial charge in [-0.2, -0.15) is 0 Å². The van der Waals surface area contributed by atoms with Gasteiger partial charge in [0.1, 0.15) is 5.78 Å². The average molecular weight is 254 g/mol. The standard InChI is InChI=1S/C15H26O3/c1-3-12(2)10-14(16)13-4-7-18-15(11-13)5-8-17-9-6-15/h12-13H,3-11H2,1-2H3. The Morgan fingerprint density at radius 1 is 1.33 bits per heavy atom. The summed E-state index contributed by atoms with van der Waals surface area (Å²) in [4.78, 5) is 12.3. The molecule has 0 aromatic heterocycles. The van der Waals surface area contributed by atoms with Gasteiger partial charge in [0.25, 0.3) is 0 Å². The number of ketones is 1. The Kier molecular flexibility index (Phi) is 4.79. The molecule has 2 aliphatic rings. The second-order valence-corrected chi connectivity index (χ2v) is 6.02. The molecule has 0 aromatic rings. The quantitative estimate of drug-likeness (QED) is 0.773. The van der Waals surface area contributed by atoms with Crippen molar-refractivity contribution in [1.82, 2.24) is 0 Å². The SMILES string of the molecule is CCC(C)CC(=O)C1CCOC2(CCOCC2)C1. The first-order chi connectivity index (χ1) is 8.65. The number of hydrogen-bond donors (Lipinski definition) is 0. The largest absolute Gasteiger partial charge is 0.381 e. The van der Waals surface area contributed by atoms with Gasteiger partial charge in [0.05, 0.1) is 5.60 Å². The number of carbonyl (C=O) groups excluding carboxylic acids is 1. The van der Waals surface area contributed by atoms with E-state index >= 15 is 0 Å². The van der Waals surface area contributed by atoms with E-state index in [1.54, 1.807) is 0 Å². The lowest BCUT2D eigenvalue weighted by Crippen LogP contribution is -2.46. The summed E-state index contributed by atoms with van der Waals surface area (Å²) in [6, 6.07) is 0. The maximum absolute atomic E-state index is 12.3. The Morgan fingerprint density at radius 3 is 2.72 bits per heavy atom. The van der Waals surface area contributed by atoms with E-state index in [4.69, 9.17) is 9.47 Å². The molecule has 0 aliphatic carbocycles. The fraction of sp³-hybridized carbons (Fsp3) is 0.933. The predicted octanol–water partition coefficient (Wildman–Crippen LogP) is 2.97. The van der Waals surface area contributed by atoms with Gasteiger partial charge in [0.2, 0.25) is 0 Å². The molecule has 2 rings (SSSR count). The van der Waals surface area contributed by atoms with E-state index in [1.165, 1.54) is 0 Å². The van der Waals surface area contributed by atoms with E-state index in [0.717, 1.165) is 58.3 Å². The normalized spacial score (nSPS) is 29.1. The lowest BCUT2D eigenvalue weighted by molar-refractivity contribution is -0.157. The van der Waals surface area contributed by atoms with Crippen molar-refractivity contribution in [2.24, 2.45) is 11.8 Å². The van der Waals surface area contributed by atoms with Crippen LogP contribution in [0.15, 0.2) is 0 Å². The fourth-order valence-corrected chi connectivity index (χ4v) is 3.05. The Bertz CT molecular complexity index is 276. The molecule has 0 amide bonds. The summed E-state index contributed by atoms with van der Waals surface area (Å²) in [6.07, 6.45) is 5.59. The van der Waals surface area contributed by atoms with Crippen LogP contribution in [0.5, 0.6) is 0 Å². The third kappa shape index (κ3) is 3.33. The lowest BCUT2D eigenvalue weighted by atomic mass is 9.77. The highest BCUT2D eigenvalue weighted by molar-refractivity contribution is 5.81. The second kappa shape index (κ2) is 6.16. The molecule has 0 bridgehead atoms. The zero-order valence-corrected chi connectivity index (χ0v) is 11.7. The molecule has 2 aliphatic heterocycles. The van der Waals surface area contributed by atoms with Gasteiger partial charge in [0, 0.05) is 32.2 Å². The molecule has 0 aromatic carbocycles. The minimum atomic E-state index is -0.0493. The van der Waals surface area contributed by atoms with Crippen LogP contribution in [0.25, 0.3) is 0 Å². The van der Waals surface area contributed by atoms with Crippen LogP contribution < -0.4 is 0 Å². The van der Waals surface area contributed by atoms with Gasteiger partial charge < -0.3 is 9.47 Å². The topological polar surface area (TPSA) is 35.5 Å². The summed E-state index contributed by atoms with van der Waals surface area (Å²) in [5, 5.41) is 0. The Morgan fingerprint density at radius 2 is 2.06 bits per heavy atom. The third-order valence-electron chi connectivity index (χ3n) is 4.60. The lowest BCUT2D eigenvalue weighted by Gasteiger charge is -2.43. The molecule has 2 heterocycles. The van der Waals surface area contributed by atoms with Gasteiger partial charge in [-0.15, -0.1) is 0 Å². The van der Waals surface area contributed by atoms with Crippen molar-refractivity contribution in [3.63, 3.8) is 0 Å². The monoisotopic (exact) mass is 254 g/mol. The van der Waals surface area contributed by atoms with Crippen LogP contribution in [0.2, 0.25) is 0 Å². The molecule has 0 radical (unpaired) electrons. The maximum Gasteiger partial charge on any atom is 0.136 e. The molecule has 2 unspecified atom stereocenters. The van der Waals surface area contributed by atoms with E-state index < -0.39 is 0 Å². The first-order valence-corrected chi connectivity index (χ1v) is 7.39. The number of carbonyl (C=O) groups is 1. The average Bonchev–Trinajstić information content (AvgIpc) is 2.39. The molecule has 3 nitrogen and oxygen atoms in total. The van der Waals surface area contributed by atoms with Crippen LogP contribution >= 0.6 is 0 Å². The molecule has 18 heavy (non-hydrogen) atoms. The van der Waals surface area contributed by atoms with Crippen LogP contribution in [0.4, 0.5) is 0 Å². The van der Waals surface area contributed by atoms with Crippen LogP contribution in [0.1, 0.15) is 52.4 Å². The number of rotatable bonds is 4. The summed E-state index contributed by atoms with van der Waals surface area (Å²) in [5.74, 6) is 1.20. The highest BCUT2D eigenvalue weighted by Crippen LogP contribution is 2.38. The minimum Gasteiger partial charge on any atom is -0.381 e. The van der Waals surface area contributed by atoms with Gasteiger partial charge >= 0.3 is 0 Å². The van der Waals surface area contributed by atoms with Crippen molar-refractivity contribution in [1.29, 1.82) is 0 Å². The first-order valence-electron chi connectivity index (χ1n) is 7.39. The van der Waals surface area contributed by atoms with E-state index in [0.29, 0.717) is 11.7 Å². The van der Waals surface area contributed by atoms with Crippen molar-refractivity contribution in [2.45, 2.75) is 58.0 Å². The predicted molar refractivity (Wildman–Crippen MR) is 70.5 cm³/mol. The number of Topliss-reactive ketones (excluding diaryl/α,β-unsaturated/α-hetero) is 1. The van der Waals surface area contributed by atoms with E-state index in [1.807, 2.05) is 0 Å². The van der Waals surface area contributed by atoms with Crippen molar-refractivity contribution in [3.05, 3.63) is 0 Å². The van der Waals surface area contributed by atoms with E-state index in [9.17, 15) is 4.79 Å². The first kappa shape index (κ1) is 14.0. The van der Waals surface area contributed by atoms with Crippen LogP contribution in [-0.2, 0) is 14.3 Å². The highest BCUT2D eigenvalue weighted by atomic mass is 16.5. The van der Waals surface area contributed by atoms with Crippen LogP contribution in [0, 0.1) is 11.8 Å². The van der Waals surface area contributed by atoms with Crippen molar-refractivity contribution in [2.75, 3.05) is 19.8 Å². The van der Waals surface area contributed by atoms with Gasteiger partial charge in [-0.3, -0.25) is 4.79 Å². The molecule has 2 atom stereocenters. The molecule has 3 heteroatoms. The smallest absolute Gasteiger partial charge is 0.136 e. The van der Waals surface area contributed by atoms with Crippen LogP contribution in [0.3, 0.4) is 0 Å². The van der Waals surface area contributed by atoms with Crippen molar-refractivity contribution in [3.8, 4) is 0 Å². The molecule has 1 spiro atoms. The summed E-state index contributed by atoms with van der Waals surface area (Å²) < 4.78 is 11.4. The van der Waals surface area contributed by atoms with E-state index in [-0.39, 0.29) is 11.5 Å². The molecule has 0 saturated carbocycles. The van der Waals surface area contributed by atoms with Gasteiger partial charge in [0.15, 0.2) is 0 Å². The maximum atomic E-state index is 12.3. The van der Waals surface area contributed by atoms with Crippen molar-refractivity contribution < 1.29 is 14.3 Å². The Balaban J connectivity index is 1.91. The van der Waals surface area contributed by atoms with Crippen molar-refractivity contribution >= 4 is 5.78 Å². The van der Waals surface area contributed by atoms with Gasteiger partial charge in [-0.05, 0) is 31.6 Å². The number of hydrogen-bond acceptors (Lipinski definition) is 3. The van der Waals surface area contributed by atoms with E-state index in [2.05, 4.69) is 13.8 Å². The summed E-state index contributed by atoms with van der Waals surface area (Å²) in [7, 11) is 0. The highest BCUT2D eigenvalue weighted by Gasteiger charge is 2.40. The summed E-state index contributed by atoms with van der Waals surface area (Å²) >= 11 is 0. The molecular weight excluding hydrogens is 228 g/mol. The minimum absolute atomic E-state index is 0.0493. The fourth-order valence-electron chi connectivity index (χ4n) is 3.05. The summed E-state index contributed by atoms with van der Waals surface area (Å²) in [6.45, 7) is 6.64. The summed E-state index contributed by atoms with van der Waals surface area (Å²) in [5.41, 5.74) is -0.0493. The zero-order chi connectivity index (χ0) is 13.0. The Hall–Kier alpha value is -0.410. The molecule has 104 valence electrons. The molecule has 0 N–H and O–H groups in total. The second-order valence-electron chi connectivity index (χ2n) is 6.02. The molecule has 2 fully saturated rings. The third-order valence-corrected chi connectivity index (χ3v) is 4.60. The van der Waals surface area contributed by atoms with Gasteiger partial charge in [-0.25, -0.2) is 0 Å². The zero-order valence-electron chi connectivity index (χ0n) is 11.7.